The maximum Gasteiger partial charge on any atom is 0.338 e. The van der Waals surface area contributed by atoms with E-state index in [9.17, 15) is 9.59 Å². The van der Waals surface area contributed by atoms with E-state index in [4.69, 9.17) is 9.47 Å². The molecule has 0 unspecified atom stereocenters. The number of ether oxygens (including phenoxy) is 2. The van der Waals surface area contributed by atoms with Crippen molar-refractivity contribution in [3.8, 4) is 5.75 Å². The number of hydrogen-bond acceptors (Lipinski definition) is 4. The molecule has 120 valence electrons. The molecule has 1 aromatic rings. The second-order valence-corrected chi connectivity index (χ2v) is 5.56. The second-order valence-electron chi connectivity index (χ2n) is 5.56. The molecule has 1 amide bonds. The van der Waals surface area contributed by atoms with Gasteiger partial charge in [-0.1, -0.05) is 13.3 Å². The van der Waals surface area contributed by atoms with Crippen molar-refractivity contribution >= 4 is 11.9 Å². The first-order valence-electron chi connectivity index (χ1n) is 7.84. The van der Waals surface area contributed by atoms with Crippen molar-refractivity contribution in [2.75, 3.05) is 6.61 Å². The van der Waals surface area contributed by atoms with Crippen LogP contribution in [0.25, 0.3) is 0 Å². The molecule has 0 heterocycles. The lowest BCUT2D eigenvalue weighted by Crippen LogP contribution is -2.37. The lowest BCUT2D eigenvalue weighted by molar-refractivity contribution is -0.127. The van der Waals surface area contributed by atoms with Gasteiger partial charge in [-0.05, 0) is 50.5 Å². The molecule has 1 atom stereocenters. The summed E-state index contributed by atoms with van der Waals surface area (Å²) < 4.78 is 10.7. The second kappa shape index (κ2) is 7.82. The van der Waals surface area contributed by atoms with Crippen molar-refractivity contribution < 1.29 is 19.1 Å². The van der Waals surface area contributed by atoms with Crippen LogP contribution in [0.2, 0.25) is 0 Å². The number of benzene rings is 1. The summed E-state index contributed by atoms with van der Waals surface area (Å²) in [6, 6.07) is 6.97. The molecule has 5 nitrogen and oxygen atoms in total. The van der Waals surface area contributed by atoms with E-state index in [-0.39, 0.29) is 11.9 Å². The molecule has 0 spiro atoms. The van der Waals surface area contributed by atoms with Crippen LogP contribution in [-0.4, -0.2) is 30.6 Å². The van der Waals surface area contributed by atoms with Gasteiger partial charge in [0.25, 0.3) is 5.91 Å². The fourth-order valence-electron chi connectivity index (χ4n) is 1.87. The van der Waals surface area contributed by atoms with E-state index in [1.807, 2.05) is 6.92 Å². The average Bonchev–Trinajstić information content (AvgIpc) is 3.32. The molecule has 2 rings (SSSR count). The van der Waals surface area contributed by atoms with E-state index in [0.29, 0.717) is 24.0 Å². The van der Waals surface area contributed by atoms with Crippen molar-refractivity contribution in [2.45, 2.75) is 51.7 Å². The summed E-state index contributed by atoms with van der Waals surface area (Å²) in [7, 11) is 0. The van der Waals surface area contributed by atoms with E-state index >= 15 is 0 Å². The van der Waals surface area contributed by atoms with Crippen LogP contribution >= 0.6 is 0 Å². The number of hydrogen-bond donors (Lipinski definition) is 1. The minimum absolute atomic E-state index is 0.106. The summed E-state index contributed by atoms with van der Waals surface area (Å²) in [5.41, 5.74) is 0.485. The largest absolute Gasteiger partial charge is 0.481 e. The highest BCUT2D eigenvalue weighted by Crippen LogP contribution is 2.19. The van der Waals surface area contributed by atoms with Gasteiger partial charge in [-0.2, -0.15) is 0 Å². The Hall–Kier alpha value is -2.04. The molecular formula is C17H23NO4. The van der Waals surface area contributed by atoms with E-state index in [1.54, 1.807) is 31.2 Å². The van der Waals surface area contributed by atoms with Crippen LogP contribution in [0.1, 0.15) is 49.9 Å². The highest BCUT2D eigenvalue weighted by molar-refractivity contribution is 5.89. The highest BCUT2D eigenvalue weighted by atomic mass is 16.5. The van der Waals surface area contributed by atoms with E-state index in [2.05, 4.69) is 5.32 Å². The molecule has 0 aromatic heterocycles. The van der Waals surface area contributed by atoms with Crippen molar-refractivity contribution in [3.63, 3.8) is 0 Å². The molecule has 1 N–H and O–H groups in total. The molecule has 1 aromatic carbocycles. The number of amides is 1. The minimum atomic E-state index is -0.553. The van der Waals surface area contributed by atoms with Crippen molar-refractivity contribution in [1.82, 2.24) is 5.32 Å². The Morgan fingerprint density at radius 1 is 1.27 bits per heavy atom. The number of rotatable bonds is 8. The van der Waals surface area contributed by atoms with Gasteiger partial charge < -0.3 is 14.8 Å². The number of carbonyl (C=O) groups is 2. The quantitative estimate of drug-likeness (QED) is 0.592. The van der Waals surface area contributed by atoms with Crippen LogP contribution in [-0.2, 0) is 9.53 Å². The first-order valence-corrected chi connectivity index (χ1v) is 7.84. The molecule has 0 radical (unpaired) electrons. The summed E-state index contributed by atoms with van der Waals surface area (Å²) in [5.74, 6) is 0.119. The van der Waals surface area contributed by atoms with Crippen molar-refractivity contribution in [3.05, 3.63) is 29.8 Å². The van der Waals surface area contributed by atoms with E-state index < -0.39 is 6.10 Å². The molecule has 1 aliphatic carbocycles. The summed E-state index contributed by atoms with van der Waals surface area (Å²) in [4.78, 5) is 23.6. The smallest absolute Gasteiger partial charge is 0.338 e. The zero-order valence-electron chi connectivity index (χ0n) is 13.1. The van der Waals surface area contributed by atoms with Gasteiger partial charge >= 0.3 is 5.97 Å². The van der Waals surface area contributed by atoms with Gasteiger partial charge in [0.05, 0.1) is 12.2 Å². The Bertz CT molecular complexity index is 508. The maximum absolute atomic E-state index is 11.8. The molecule has 22 heavy (non-hydrogen) atoms. The Labute approximate surface area is 131 Å². The monoisotopic (exact) mass is 305 g/mol. The standard InChI is InChI=1S/C17H23NO4/c1-3-4-11-21-17(20)13-5-9-15(10-6-13)22-12(2)16(19)18-14-7-8-14/h5-6,9-10,12,14H,3-4,7-8,11H2,1-2H3,(H,18,19)/t12-/m1/s1. The lowest BCUT2D eigenvalue weighted by Gasteiger charge is -2.14. The fraction of sp³-hybridized carbons (Fsp3) is 0.529. The summed E-state index contributed by atoms with van der Waals surface area (Å²) >= 11 is 0. The predicted molar refractivity (Wildman–Crippen MR) is 82.9 cm³/mol. The Kier molecular flexibility index (Phi) is 5.81. The molecule has 1 fully saturated rings. The Morgan fingerprint density at radius 3 is 2.55 bits per heavy atom. The Balaban J connectivity index is 1.82. The first kappa shape index (κ1) is 16.3. The van der Waals surface area contributed by atoms with Gasteiger partial charge in [-0.15, -0.1) is 0 Å². The molecule has 0 saturated heterocycles. The third-order valence-corrected chi connectivity index (χ3v) is 3.43. The summed E-state index contributed by atoms with van der Waals surface area (Å²) in [5, 5.41) is 2.89. The summed E-state index contributed by atoms with van der Waals surface area (Å²) in [6.45, 7) is 4.19. The van der Waals surface area contributed by atoms with Crippen LogP contribution in [0.15, 0.2) is 24.3 Å². The molecule has 0 aliphatic heterocycles. The van der Waals surface area contributed by atoms with Gasteiger partial charge in [0.2, 0.25) is 0 Å². The van der Waals surface area contributed by atoms with Gasteiger partial charge in [0.1, 0.15) is 5.75 Å². The third kappa shape index (κ3) is 5.06. The molecule has 5 heteroatoms. The number of esters is 1. The number of carbonyl (C=O) groups excluding carboxylic acids is 2. The zero-order chi connectivity index (χ0) is 15.9. The number of nitrogens with one attached hydrogen (secondary N) is 1. The van der Waals surface area contributed by atoms with Gasteiger partial charge in [0, 0.05) is 6.04 Å². The topological polar surface area (TPSA) is 64.6 Å². The van der Waals surface area contributed by atoms with Crippen molar-refractivity contribution in [1.29, 1.82) is 0 Å². The van der Waals surface area contributed by atoms with Gasteiger partial charge in [0.15, 0.2) is 6.10 Å². The third-order valence-electron chi connectivity index (χ3n) is 3.43. The zero-order valence-corrected chi connectivity index (χ0v) is 13.1. The summed E-state index contributed by atoms with van der Waals surface area (Å²) in [6.07, 6.45) is 3.39. The average molecular weight is 305 g/mol. The van der Waals surface area contributed by atoms with E-state index in [1.165, 1.54) is 0 Å². The van der Waals surface area contributed by atoms with E-state index in [0.717, 1.165) is 25.7 Å². The van der Waals surface area contributed by atoms with Crippen LogP contribution in [0, 0.1) is 0 Å². The van der Waals surface area contributed by atoms with Gasteiger partial charge in [-0.3, -0.25) is 4.79 Å². The van der Waals surface area contributed by atoms with Crippen molar-refractivity contribution in [2.24, 2.45) is 0 Å². The van der Waals surface area contributed by atoms with Crippen LogP contribution in [0.5, 0.6) is 5.75 Å². The van der Waals surface area contributed by atoms with Gasteiger partial charge in [-0.25, -0.2) is 4.79 Å². The normalized spacial score (nSPS) is 15.0. The lowest BCUT2D eigenvalue weighted by atomic mass is 10.2. The fourth-order valence-corrected chi connectivity index (χ4v) is 1.87. The number of unbranched alkanes of at least 4 members (excludes halogenated alkanes) is 1. The minimum Gasteiger partial charge on any atom is -0.481 e. The maximum atomic E-state index is 11.8. The van der Waals surface area contributed by atoms with Crippen LogP contribution < -0.4 is 10.1 Å². The predicted octanol–water partition coefficient (Wildman–Crippen LogP) is 2.69. The van der Waals surface area contributed by atoms with Crippen LogP contribution in [0.4, 0.5) is 0 Å². The first-order chi connectivity index (χ1) is 10.6. The molecular weight excluding hydrogens is 282 g/mol. The highest BCUT2D eigenvalue weighted by Gasteiger charge is 2.26. The molecule has 1 aliphatic rings. The molecule has 0 bridgehead atoms. The van der Waals surface area contributed by atoms with Crippen LogP contribution in [0.3, 0.4) is 0 Å². The SMILES string of the molecule is CCCCOC(=O)c1ccc(O[C@H](C)C(=O)NC2CC2)cc1. The Morgan fingerprint density at radius 2 is 1.95 bits per heavy atom. The molecule has 1 saturated carbocycles.